The Hall–Kier alpha value is -0.880. The summed E-state index contributed by atoms with van der Waals surface area (Å²) in [5, 5.41) is 0.156. The molecule has 86 valence electrons. The number of H-pyrrole nitrogens is 1. The van der Waals surface area contributed by atoms with Crippen LogP contribution < -0.4 is 0 Å². The van der Waals surface area contributed by atoms with Crippen molar-refractivity contribution in [1.82, 2.24) is 14.3 Å². The molecule has 1 aromatic heterocycles. The maximum atomic E-state index is 11.9. The Kier molecular flexibility index (Phi) is 3.51. The number of hydrogen-bond donors (Lipinski definition) is 1. The van der Waals surface area contributed by atoms with Gasteiger partial charge in [-0.2, -0.15) is 4.31 Å². The molecule has 0 aromatic carbocycles. The summed E-state index contributed by atoms with van der Waals surface area (Å²) in [5.41, 5.74) is 0. The van der Waals surface area contributed by atoms with E-state index >= 15 is 0 Å². The molecule has 0 bridgehead atoms. The third kappa shape index (κ3) is 2.79. The van der Waals surface area contributed by atoms with Crippen molar-refractivity contribution in [2.45, 2.75) is 25.8 Å². The Balaban J connectivity index is 2.93. The molecule has 0 saturated heterocycles. The number of nitrogens with one attached hydrogen (secondary N) is 1. The Bertz CT molecular complexity index is 422. The first-order valence-electron chi connectivity index (χ1n) is 4.82. The van der Waals surface area contributed by atoms with Gasteiger partial charge in [0.05, 0.1) is 6.20 Å². The monoisotopic (exact) mass is 231 g/mol. The molecule has 0 atom stereocenters. The number of nitrogens with zero attached hydrogens (tertiary/aromatic N) is 2. The molecule has 0 unspecified atom stereocenters. The van der Waals surface area contributed by atoms with Crippen LogP contribution in [0.5, 0.6) is 0 Å². The van der Waals surface area contributed by atoms with Crippen molar-refractivity contribution >= 4 is 10.0 Å². The van der Waals surface area contributed by atoms with Crippen molar-refractivity contribution in [3.8, 4) is 0 Å². The fourth-order valence-corrected chi connectivity index (χ4v) is 2.60. The van der Waals surface area contributed by atoms with Gasteiger partial charge in [-0.05, 0) is 12.8 Å². The van der Waals surface area contributed by atoms with E-state index in [0.717, 1.165) is 0 Å². The highest BCUT2D eigenvalue weighted by atomic mass is 32.2. The molecule has 0 aliphatic carbocycles. The fourth-order valence-electron chi connectivity index (χ4n) is 1.31. The van der Waals surface area contributed by atoms with E-state index in [1.807, 2.05) is 13.8 Å². The molecule has 5 nitrogen and oxygen atoms in total. The average Bonchev–Trinajstić information content (AvgIpc) is 2.50. The highest BCUT2D eigenvalue weighted by molar-refractivity contribution is 7.89. The summed E-state index contributed by atoms with van der Waals surface area (Å²) in [6.07, 6.45) is 1.35. The molecule has 0 aliphatic heterocycles. The van der Waals surface area contributed by atoms with Gasteiger partial charge < -0.3 is 4.98 Å². The Morgan fingerprint density at radius 2 is 2.13 bits per heavy atom. The molecular formula is C9H17N3O2S. The summed E-state index contributed by atoms with van der Waals surface area (Å²) < 4.78 is 25.2. The smallest absolute Gasteiger partial charge is 0.259 e. The van der Waals surface area contributed by atoms with Gasteiger partial charge in [-0.3, -0.25) is 0 Å². The third-order valence-electron chi connectivity index (χ3n) is 1.99. The van der Waals surface area contributed by atoms with Crippen molar-refractivity contribution < 1.29 is 8.42 Å². The van der Waals surface area contributed by atoms with E-state index in [2.05, 4.69) is 9.97 Å². The Labute approximate surface area is 90.6 Å². The first-order chi connectivity index (χ1) is 6.84. The van der Waals surface area contributed by atoms with Gasteiger partial charge in [-0.25, -0.2) is 13.4 Å². The van der Waals surface area contributed by atoms with Crippen LogP contribution in [0, 0.1) is 12.8 Å². The molecule has 0 aliphatic rings. The van der Waals surface area contributed by atoms with Crippen LogP contribution in [-0.2, 0) is 10.0 Å². The Morgan fingerprint density at radius 3 is 2.53 bits per heavy atom. The normalized spacial score (nSPS) is 12.7. The maximum Gasteiger partial charge on any atom is 0.259 e. The molecule has 6 heteroatoms. The lowest BCUT2D eigenvalue weighted by Crippen LogP contribution is -2.30. The van der Waals surface area contributed by atoms with Crippen molar-refractivity contribution in [3.63, 3.8) is 0 Å². The van der Waals surface area contributed by atoms with Gasteiger partial charge in [0.2, 0.25) is 0 Å². The lowest BCUT2D eigenvalue weighted by Gasteiger charge is -2.17. The van der Waals surface area contributed by atoms with E-state index in [1.165, 1.54) is 10.5 Å². The number of hydrogen-bond acceptors (Lipinski definition) is 3. The first kappa shape index (κ1) is 12.2. The number of aromatic amines is 1. The molecule has 0 fully saturated rings. The number of rotatable bonds is 4. The van der Waals surface area contributed by atoms with Crippen LogP contribution in [0.15, 0.2) is 11.2 Å². The van der Waals surface area contributed by atoms with E-state index in [1.54, 1.807) is 14.0 Å². The van der Waals surface area contributed by atoms with E-state index in [-0.39, 0.29) is 5.03 Å². The van der Waals surface area contributed by atoms with Crippen molar-refractivity contribution in [2.24, 2.45) is 5.92 Å². The summed E-state index contributed by atoms with van der Waals surface area (Å²) in [6, 6.07) is 0. The topological polar surface area (TPSA) is 66.1 Å². The van der Waals surface area contributed by atoms with E-state index in [4.69, 9.17) is 0 Å². The summed E-state index contributed by atoms with van der Waals surface area (Å²) in [4.78, 5) is 6.61. The number of sulfonamides is 1. The number of imidazole rings is 1. The van der Waals surface area contributed by atoms with Crippen LogP contribution in [0.4, 0.5) is 0 Å². The minimum absolute atomic E-state index is 0.156. The highest BCUT2D eigenvalue weighted by Gasteiger charge is 2.22. The van der Waals surface area contributed by atoms with Gasteiger partial charge in [-0.1, -0.05) is 13.8 Å². The van der Waals surface area contributed by atoms with E-state index < -0.39 is 10.0 Å². The minimum Gasteiger partial charge on any atom is -0.332 e. The third-order valence-corrected chi connectivity index (χ3v) is 3.72. The second kappa shape index (κ2) is 4.32. The second-order valence-corrected chi connectivity index (χ2v) is 6.03. The van der Waals surface area contributed by atoms with Gasteiger partial charge >= 0.3 is 0 Å². The van der Waals surface area contributed by atoms with Crippen molar-refractivity contribution in [3.05, 3.63) is 12.0 Å². The summed E-state index contributed by atoms with van der Waals surface area (Å²) >= 11 is 0. The summed E-state index contributed by atoms with van der Waals surface area (Å²) in [6.45, 7) is 6.18. The van der Waals surface area contributed by atoms with Crippen LogP contribution in [-0.4, -0.2) is 36.3 Å². The average molecular weight is 231 g/mol. The van der Waals surface area contributed by atoms with Gasteiger partial charge in [-0.15, -0.1) is 0 Å². The quantitative estimate of drug-likeness (QED) is 0.840. The highest BCUT2D eigenvalue weighted by Crippen LogP contribution is 2.12. The molecule has 1 N–H and O–H groups in total. The summed E-state index contributed by atoms with van der Waals surface area (Å²) in [5.74, 6) is 0.903. The molecule has 0 saturated carbocycles. The summed E-state index contributed by atoms with van der Waals surface area (Å²) in [7, 11) is -1.82. The Morgan fingerprint density at radius 1 is 1.53 bits per heavy atom. The first-order valence-corrected chi connectivity index (χ1v) is 6.26. The van der Waals surface area contributed by atoms with Crippen LogP contribution in [0.2, 0.25) is 0 Å². The van der Waals surface area contributed by atoms with Gasteiger partial charge in [0.1, 0.15) is 5.82 Å². The number of aryl methyl sites for hydroxylation is 1. The zero-order chi connectivity index (χ0) is 11.6. The standard InChI is InChI=1S/C9H17N3O2S/c1-7(2)6-12(4)15(13,14)9-5-10-8(3)11-9/h5,7H,6H2,1-4H3,(H,10,11). The van der Waals surface area contributed by atoms with Crippen LogP contribution in [0.25, 0.3) is 0 Å². The number of aromatic nitrogens is 2. The molecule has 0 spiro atoms. The molecule has 1 rings (SSSR count). The molecule has 15 heavy (non-hydrogen) atoms. The van der Waals surface area contributed by atoms with Gasteiger partial charge in [0.25, 0.3) is 10.0 Å². The second-order valence-electron chi connectivity index (χ2n) is 4.01. The van der Waals surface area contributed by atoms with Crippen LogP contribution in [0.1, 0.15) is 19.7 Å². The van der Waals surface area contributed by atoms with Crippen molar-refractivity contribution in [1.29, 1.82) is 0 Å². The molecule has 0 amide bonds. The molecule has 1 aromatic rings. The predicted octanol–water partition coefficient (Wildman–Crippen LogP) is 0.995. The van der Waals surface area contributed by atoms with E-state index in [0.29, 0.717) is 18.3 Å². The lowest BCUT2D eigenvalue weighted by molar-refractivity contribution is 0.415. The van der Waals surface area contributed by atoms with E-state index in [9.17, 15) is 8.42 Å². The maximum absolute atomic E-state index is 11.9. The van der Waals surface area contributed by atoms with Crippen LogP contribution >= 0.6 is 0 Å². The predicted molar refractivity (Wildman–Crippen MR) is 58.0 cm³/mol. The fraction of sp³-hybridized carbons (Fsp3) is 0.667. The zero-order valence-electron chi connectivity index (χ0n) is 9.48. The zero-order valence-corrected chi connectivity index (χ0v) is 10.3. The van der Waals surface area contributed by atoms with Crippen LogP contribution in [0.3, 0.4) is 0 Å². The molecule has 1 heterocycles. The largest absolute Gasteiger partial charge is 0.332 e. The lowest BCUT2D eigenvalue weighted by atomic mass is 10.2. The molecular weight excluding hydrogens is 214 g/mol. The SMILES string of the molecule is Cc1ncc(S(=O)(=O)N(C)CC(C)C)[nH]1. The van der Waals surface area contributed by atoms with Crippen molar-refractivity contribution in [2.75, 3.05) is 13.6 Å². The van der Waals surface area contributed by atoms with Gasteiger partial charge in [0.15, 0.2) is 5.03 Å². The minimum atomic E-state index is -3.40. The van der Waals surface area contributed by atoms with Gasteiger partial charge in [0, 0.05) is 13.6 Å². The molecule has 0 radical (unpaired) electrons.